The van der Waals surface area contributed by atoms with Crippen LogP contribution in [-0.2, 0) is 11.3 Å². The second-order valence-electron chi connectivity index (χ2n) is 6.80. The lowest BCUT2D eigenvalue weighted by molar-refractivity contribution is -0.132. The molecule has 1 amide bonds. The van der Waals surface area contributed by atoms with Gasteiger partial charge in [-0.25, -0.2) is 0 Å². The Morgan fingerprint density at radius 3 is 2.64 bits per heavy atom. The maximum absolute atomic E-state index is 12.8. The number of nitrogens with one attached hydrogen (secondary N) is 1. The van der Waals surface area contributed by atoms with Gasteiger partial charge in [-0.3, -0.25) is 9.69 Å². The van der Waals surface area contributed by atoms with E-state index in [9.17, 15) is 4.79 Å². The van der Waals surface area contributed by atoms with Crippen molar-refractivity contribution in [2.24, 2.45) is 0 Å². The molecule has 0 bridgehead atoms. The van der Waals surface area contributed by atoms with Crippen LogP contribution in [0.25, 0.3) is 11.6 Å². The van der Waals surface area contributed by atoms with Crippen molar-refractivity contribution in [1.29, 1.82) is 0 Å². The number of rotatable bonds is 6. The fourth-order valence-electron chi connectivity index (χ4n) is 3.26. The zero-order valence-corrected chi connectivity index (χ0v) is 16.6. The molecule has 8 heteroatoms. The second-order valence-corrected chi connectivity index (χ2v) is 8.10. The van der Waals surface area contributed by atoms with Gasteiger partial charge in [0.25, 0.3) is 11.1 Å². The maximum atomic E-state index is 12.8. The number of carbonyl (C=O) groups is 1. The van der Waals surface area contributed by atoms with Crippen molar-refractivity contribution in [2.75, 3.05) is 26.2 Å². The number of hydrogen-bond donors (Lipinski definition) is 1. The van der Waals surface area contributed by atoms with E-state index in [1.54, 1.807) is 6.20 Å². The van der Waals surface area contributed by atoms with Crippen LogP contribution in [0.15, 0.2) is 58.3 Å². The summed E-state index contributed by atoms with van der Waals surface area (Å²) in [6.07, 6.45) is 1.80. The molecule has 1 atom stereocenters. The molecule has 7 nitrogen and oxygen atoms in total. The average molecular weight is 398 g/mol. The summed E-state index contributed by atoms with van der Waals surface area (Å²) < 4.78 is 5.65. The molecule has 1 saturated heterocycles. The van der Waals surface area contributed by atoms with E-state index in [1.165, 1.54) is 17.3 Å². The first-order chi connectivity index (χ1) is 13.7. The highest BCUT2D eigenvalue weighted by molar-refractivity contribution is 8.00. The molecule has 2 aromatic heterocycles. The van der Waals surface area contributed by atoms with Crippen molar-refractivity contribution in [1.82, 2.24) is 25.0 Å². The Kier molecular flexibility index (Phi) is 5.78. The van der Waals surface area contributed by atoms with Gasteiger partial charge in [0.15, 0.2) is 0 Å². The summed E-state index contributed by atoms with van der Waals surface area (Å²) in [5.41, 5.74) is 2.08. The number of piperazine rings is 1. The largest absolute Gasteiger partial charge is 0.410 e. The number of thioether (sulfide) groups is 1. The van der Waals surface area contributed by atoms with Gasteiger partial charge in [0.2, 0.25) is 5.91 Å². The highest BCUT2D eigenvalue weighted by atomic mass is 32.2. The molecule has 0 radical (unpaired) electrons. The van der Waals surface area contributed by atoms with E-state index in [0.29, 0.717) is 11.1 Å². The highest BCUT2D eigenvalue weighted by Gasteiger charge is 2.27. The number of hydrogen-bond acceptors (Lipinski definition) is 6. The number of nitrogens with zero attached hydrogens (tertiary/aromatic N) is 4. The molecule has 146 valence electrons. The van der Waals surface area contributed by atoms with Crippen molar-refractivity contribution in [3.8, 4) is 11.6 Å². The van der Waals surface area contributed by atoms with E-state index >= 15 is 0 Å². The van der Waals surface area contributed by atoms with Gasteiger partial charge in [0.1, 0.15) is 5.69 Å². The van der Waals surface area contributed by atoms with Gasteiger partial charge in [0, 0.05) is 38.9 Å². The SMILES string of the molecule is CC(Sc1nnc(-c2ccc[nH]2)o1)C(=O)N1CCN(Cc2ccccc2)CC1. The fourth-order valence-corrected chi connectivity index (χ4v) is 4.02. The van der Waals surface area contributed by atoms with E-state index in [1.807, 2.05) is 30.0 Å². The van der Waals surface area contributed by atoms with E-state index in [4.69, 9.17) is 4.42 Å². The first kappa shape index (κ1) is 18.8. The van der Waals surface area contributed by atoms with E-state index in [0.717, 1.165) is 38.4 Å². The quantitative estimate of drug-likeness (QED) is 0.645. The Hall–Kier alpha value is -2.58. The van der Waals surface area contributed by atoms with Crippen LogP contribution >= 0.6 is 11.8 Å². The summed E-state index contributed by atoms with van der Waals surface area (Å²) in [6.45, 7) is 6.08. The minimum Gasteiger partial charge on any atom is -0.410 e. The van der Waals surface area contributed by atoms with Crippen molar-refractivity contribution in [2.45, 2.75) is 23.9 Å². The Labute approximate surface area is 168 Å². The number of aromatic amines is 1. The van der Waals surface area contributed by atoms with E-state index in [-0.39, 0.29) is 11.2 Å². The molecule has 3 aromatic rings. The van der Waals surface area contributed by atoms with Gasteiger partial charge >= 0.3 is 0 Å². The number of H-pyrrole nitrogens is 1. The molecular weight excluding hydrogens is 374 g/mol. The number of carbonyl (C=O) groups excluding carboxylic acids is 1. The second kappa shape index (κ2) is 8.62. The molecule has 4 rings (SSSR count). The first-order valence-corrected chi connectivity index (χ1v) is 10.3. The minimum absolute atomic E-state index is 0.115. The standard InChI is InChI=1S/C20H23N5O2S/c1-15(28-20-23-22-18(27-20)17-8-5-9-21-17)19(26)25-12-10-24(11-13-25)14-16-6-3-2-4-7-16/h2-9,15,21H,10-14H2,1H3. The zero-order chi connectivity index (χ0) is 19.3. The van der Waals surface area contributed by atoms with Gasteiger partial charge in [-0.05, 0) is 24.6 Å². The first-order valence-electron chi connectivity index (χ1n) is 9.38. The van der Waals surface area contributed by atoms with Gasteiger partial charge in [0.05, 0.1) is 5.25 Å². The van der Waals surface area contributed by atoms with Crippen LogP contribution in [0.3, 0.4) is 0 Å². The summed E-state index contributed by atoms with van der Waals surface area (Å²) in [5, 5.41) is 8.22. The van der Waals surface area contributed by atoms with E-state index in [2.05, 4.69) is 44.3 Å². The maximum Gasteiger partial charge on any atom is 0.277 e. The number of amides is 1. The molecule has 1 N–H and O–H groups in total. The molecule has 1 aliphatic heterocycles. The van der Waals surface area contributed by atoms with Crippen molar-refractivity contribution < 1.29 is 9.21 Å². The van der Waals surface area contributed by atoms with Gasteiger partial charge in [-0.2, -0.15) is 0 Å². The average Bonchev–Trinajstić information content (AvgIpc) is 3.40. The van der Waals surface area contributed by atoms with Crippen LogP contribution in [0.2, 0.25) is 0 Å². The van der Waals surface area contributed by atoms with Crippen LogP contribution in [0.4, 0.5) is 0 Å². The Balaban J connectivity index is 1.28. The van der Waals surface area contributed by atoms with Crippen molar-refractivity contribution >= 4 is 17.7 Å². The molecule has 0 aliphatic carbocycles. The van der Waals surface area contributed by atoms with Crippen LogP contribution in [0.5, 0.6) is 0 Å². The van der Waals surface area contributed by atoms with Gasteiger partial charge in [-0.15, -0.1) is 10.2 Å². The summed E-state index contributed by atoms with van der Waals surface area (Å²) in [5.74, 6) is 0.547. The summed E-state index contributed by atoms with van der Waals surface area (Å²) in [4.78, 5) is 20.1. The third-order valence-corrected chi connectivity index (χ3v) is 5.71. The molecule has 1 unspecified atom stereocenters. The fraction of sp³-hybridized carbons (Fsp3) is 0.350. The van der Waals surface area contributed by atoms with Crippen molar-refractivity contribution in [3.05, 3.63) is 54.2 Å². The van der Waals surface area contributed by atoms with E-state index < -0.39 is 0 Å². The van der Waals surface area contributed by atoms with Crippen LogP contribution < -0.4 is 0 Å². The topological polar surface area (TPSA) is 78.3 Å². The molecule has 28 heavy (non-hydrogen) atoms. The van der Waals surface area contributed by atoms with Crippen molar-refractivity contribution in [3.63, 3.8) is 0 Å². The predicted molar refractivity (Wildman–Crippen MR) is 108 cm³/mol. The summed E-state index contributed by atoms with van der Waals surface area (Å²) in [7, 11) is 0. The van der Waals surface area contributed by atoms with Crippen LogP contribution in [0, 0.1) is 0 Å². The third kappa shape index (κ3) is 4.45. The summed E-state index contributed by atoms with van der Waals surface area (Å²) in [6, 6.07) is 14.2. The lowest BCUT2D eigenvalue weighted by Crippen LogP contribution is -2.50. The Bertz CT molecular complexity index is 888. The molecule has 1 aromatic carbocycles. The monoisotopic (exact) mass is 397 g/mol. The Morgan fingerprint density at radius 2 is 1.93 bits per heavy atom. The molecule has 0 saturated carbocycles. The summed E-state index contributed by atoms with van der Waals surface area (Å²) >= 11 is 1.31. The highest BCUT2D eigenvalue weighted by Crippen LogP contribution is 2.26. The number of benzene rings is 1. The zero-order valence-electron chi connectivity index (χ0n) is 15.7. The van der Waals surface area contributed by atoms with Gasteiger partial charge < -0.3 is 14.3 Å². The number of aromatic nitrogens is 3. The molecule has 3 heterocycles. The third-order valence-electron chi connectivity index (χ3n) is 4.79. The smallest absolute Gasteiger partial charge is 0.277 e. The Morgan fingerprint density at radius 1 is 1.14 bits per heavy atom. The van der Waals surface area contributed by atoms with Gasteiger partial charge in [-0.1, -0.05) is 42.1 Å². The lowest BCUT2D eigenvalue weighted by atomic mass is 10.2. The molecule has 0 spiro atoms. The molecule has 1 fully saturated rings. The molecule has 1 aliphatic rings. The minimum atomic E-state index is -0.266. The normalized spacial score (nSPS) is 16.2. The lowest BCUT2D eigenvalue weighted by Gasteiger charge is -2.35. The molecular formula is C20H23N5O2S. The predicted octanol–water partition coefficient (Wildman–Crippen LogP) is 2.89. The van der Waals surface area contributed by atoms with Crippen LogP contribution in [-0.4, -0.2) is 62.3 Å². The van der Waals surface area contributed by atoms with Crippen LogP contribution in [0.1, 0.15) is 12.5 Å².